The Bertz CT molecular complexity index is 1330. The Labute approximate surface area is 198 Å². The first-order chi connectivity index (χ1) is 16.6. The molecule has 1 atom stereocenters. The molecule has 3 rings (SSSR count). The zero-order valence-electron chi connectivity index (χ0n) is 19.0. The number of alkyl halides is 7. The van der Waals surface area contributed by atoms with Crippen LogP contribution in [0.4, 0.5) is 36.6 Å². The molecule has 3 aromatic heterocycles. The Kier molecular flexibility index (Phi) is 7.32. The van der Waals surface area contributed by atoms with Gasteiger partial charge in [-0.2, -0.15) is 18.3 Å². The third-order valence-corrected chi connectivity index (χ3v) is 4.91. The number of aromatic nitrogens is 4. The second kappa shape index (κ2) is 9.78. The molecule has 3 heterocycles. The summed E-state index contributed by atoms with van der Waals surface area (Å²) in [5.41, 5.74) is -1.68. The predicted molar refractivity (Wildman–Crippen MR) is 114 cm³/mol. The molecule has 0 aliphatic rings. The number of pyridine rings is 1. The highest BCUT2D eigenvalue weighted by Gasteiger charge is 2.39. The third-order valence-electron chi connectivity index (χ3n) is 4.91. The van der Waals surface area contributed by atoms with Crippen LogP contribution in [-0.2, 0) is 11.3 Å². The standard InChI is InChI=1S/C21H20F7N5O3/c1-10(21(26,27)28)33-19(35)16(36-9-20(3,24)25)5-14(31-33)13-7-32(8-17(22)23)15-6-29-18(4-12(13)15)30-11(2)34/h4-7,10,17H,8-9H2,1-3H3,(H,29,30,34)/t10-/m0/s1. The number of anilines is 1. The van der Waals surface area contributed by atoms with Crippen LogP contribution in [0.3, 0.4) is 0 Å². The topological polar surface area (TPSA) is 91.0 Å². The summed E-state index contributed by atoms with van der Waals surface area (Å²) in [5.74, 6) is -4.76. The first kappa shape index (κ1) is 26.9. The quantitative estimate of drug-likeness (QED) is 0.435. The van der Waals surface area contributed by atoms with Gasteiger partial charge in [0.15, 0.2) is 12.4 Å². The van der Waals surface area contributed by atoms with Gasteiger partial charge in [-0.3, -0.25) is 9.59 Å². The van der Waals surface area contributed by atoms with E-state index in [1.807, 2.05) is 0 Å². The van der Waals surface area contributed by atoms with Crippen LogP contribution in [0.15, 0.2) is 29.3 Å². The van der Waals surface area contributed by atoms with E-state index in [2.05, 4.69) is 15.4 Å². The molecule has 0 bridgehead atoms. The summed E-state index contributed by atoms with van der Waals surface area (Å²) in [6.07, 6.45) is -5.45. The van der Waals surface area contributed by atoms with Crippen molar-refractivity contribution < 1.29 is 40.3 Å². The molecule has 3 aromatic rings. The second-order valence-electron chi connectivity index (χ2n) is 8.07. The van der Waals surface area contributed by atoms with Crippen molar-refractivity contribution in [3.05, 3.63) is 34.9 Å². The van der Waals surface area contributed by atoms with Gasteiger partial charge in [0.1, 0.15) is 11.9 Å². The maximum atomic E-state index is 13.4. The Morgan fingerprint density at radius 3 is 2.42 bits per heavy atom. The number of ether oxygens (including phenoxy) is 1. The van der Waals surface area contributed by atoms with Crippen molar-refractivity contribution in [1.82, 2.24) is 19.3 Å². The van der Waals surface area contributed by atoms with Gasteiger partial charge in [0.25, 0.3) is 12.3 Å². The largest absolute Gasteiger partial charge is 0.481 e. The van der Waals surface area contributed by atoms with Crippen molar-refractivity contribution >= 4 is 22.6 Å². The molecule has 0 fully saturated rings. The normalized spacial score (nSPS) is 13.3. The first-order valence-corrected chi connectivity index (χ1v) is 10.3. The maximum absolute atomic E-state index is 13.4. The smallest absolute Gasteiger partial charge is 0.410 e. The molecule has 0 radical (unpaired) electrons. The predicted octanol–water partition coefficient (Wildman–Crippen LogP) is 4.64. The number of hydrogen-bond acceptors (Lipinski definition) is 5. The van der Waals surface area contributed by atoms with Crippen molar-refractivity contribution in [2.75, 3.05) is 11.9 Å². The Morgan fingerprint density at radius 2 is 1.86 bits per heavy atom. The molecule has 1 amide bonds. The number of halogens is 7. The number of hydrogen-bond donors (Lipinski definition) is 1. The summed E-state index contributed by atoms with van der Waals surface area (Å²) in [5, 5.41) is 6.29. The lowest BCUT2D eigenvalue weighted by Gasteiger charge is -2.19. The van der Waals surface area contributed by atoms with Crippen molar-refractivity contribution in [2.24, 2.45) is 0 Å². The van der Waals surface area contributed by atoms with Crippen molar-refractivity contribution in [1.29, 1.82) is 0 Å². The van der Waals surface area contributed by atoms with Crippen LogP contribution in [0, 0.1) is 0 Å². The van der Waals surface area contributed by atoms with E-state index in [4.69, 9.17) is 4.74 Å². The van der Waals surface area contributed by atoms with Crippen LogP contribution >= 0.6 is 0 Å². The summed E-state index contributed by atoms with van der Waals surface area (Å²) in [4.78, 5) is 28.0. The summed E-state index contributed by atoms with van der Waals surface area (Å²) < 4.78 is 99.3. The average Bonchev–Trinajstić information content (AvgIpc) is 3.07. The lowest BCUT2D eigenvalue weighted by Crippen LogP contribution is -2.35. The van der Waals surface area contributed by atoms with Crippen LogP contribution in [0.1, 0.15) is 26.8 Å². The lowest BCUT2D eigenvalue weighted by molar-refractivity contribution is -0.166. The van der Waals surface area contributed by atoms with Gasteiger partial charge in [-0.05, 0) is 13.0 Å². The highest BCUT2D eigenvalue weighted by Crippen LogP contribution is 2.34. The Balaban J connectivity index is 2.29. The van der Waals surface area contributed by atoms with E-state index in [0.717, 1.165) is 23.0 Å². The van der Waals surface area contributed by atoms with Gasteiger partial charge in [0.05, 0.1) is 24.0 Å². The maximum Gasteiger partial charge on any atom is 0.410 e. The highest BCUT2D eigenvalue weighted by atomic mass is 19.4. The molecular weight excluding hydrogens is 503 g/mol. The number of nitrogens with one attached hydrogen (secondary N) is 1. The molecule has 8 nitrogen and oxygen atoms in total. The minimum absolute atomic E-state index is 0.00475. The third kappa shape index (κ3) is 6.12. The molecular formula is C21H20F7N5O3. The lowest BCUT2D eigenvalue weighted by atomic mass is 10.1. The van der Waals surface area contributed by atoms with Crippen LogP contribution in [0.5, 0.6) is 5.75 Å². The SMILES string of the molecule is CC(=O)Nc1cc2c(-c3cc(OCC(C)(F)F)c(=O)n([C@@H](C)C(F)(F)F)n3)cn(CC(F)F)c2cn1. The Hall–Kier alpha value is -3.65. The molecule has 0 aliphatic carbocycles. The van der Waals surface area contributed by atoms with E-state index in [1.165, 1.54) is 13.0 Å². The molecule has 0 spiro atoms. The van der Waals surface area contributed by atoms with E-state index in [9.17, 15) is 40.3 Å². The number of carbonyl (C=O) groups excluding carboxylic acids is 1. The molecule has 0 unspecified atom stereocenters. The van der Waals surface area contributed by atoms with Gasteiger partial charge in [0.2, 0.25) is 5.91 Å². The number of amides is 1. The van der Waals surface area contributed by atoms with E-state index in [0.29, 0.717) is 13.8 Å². The van der Waals surface area contributed by atoms with Crippen LogP contribution < -0.4 is 15.6 Å². The summed E-state index contributed by atoms with van der Waals surface area (Å²) in [6, 6.07) is -0.340. The number of fused-ring (bicyclic) bond motifs is 1. The van der Waals surface area contributed by atoms with Crippen LogP contribution in [0.2, 0.25) is 0 Å². The highest BCUT2D eigenvalue weighted by molar-refractivity contribution is 5.98. The van der Waals surface area contributed by atoms with Crippen molar-refractivity contribution in [3.8, 4) is 17.0 Å². The van der Waals surface area contributed by atoms with Crippen molar-refractivity contribution in [2.45, 2.75) is 51.9 Å². The summed E-state index contributed by atoms with van der Waals surface area (Å²) in [7, 11) is 0. The number of rotatable bonds is 8. The first-order valence-electron chi connectivity index (χ1n) is 10.3. The van der Waals surface area contributed by atoms with Gasteiger partial charge in [-0.15, -0.1) is 0 Å². The van der Waals surface area contributed by atoms with Crippen LogP contribution in [-0.4, -0.2) is 50.4 Å². The minimum Gasteiger partial charge on any atom is -0.481 e. The zero-order chi connectivity index (χ0) is 27.0. The number of carbonyl (C=O) groups is 1. The molecule has 0 aromatic carbocycles. The molecule has 196 valence electrons. The van der Waals surface area contributed by atoms with Gasteiger partial charge in [0, 0.05) is 37.1 Å². The van der Waals surface area contributed by atoms with Gasteiger partial charge in [-0.25, -0.2) is 27.2 Å². The van der Waals surface area contributed by atoms with E-state index in [-0.39, 0.29) is 32.7 Å². The monoisotopic (exact) mass is 523 g/mol. The minimum atomic E-state index is -4.94. The molecule has 1 N–H and O–H groups in total. The van der Waals surface area contributed by atoms with Gasteiger partial charge in [-0.1, -0.05) is 0 Å². The van der Waals surface area contributed by atoms with E-state index < -0.39 is 54.9 Å². The van der Waals surface area contributed by atoms with Gasteiger partial charge >= 0.3 is 11.7 Å². The zero-order valence-corrected chi connectivity index (χ0v) is 19.0. The average molecular weight is 523 g/mol. The fourth-order valence-electron chi connectivity index (χ4n) is 3.27. The molecule has 15 heteroatoms. The second-order valence-corrected chi connectivity index (χ2v) is 8.07. The molecule has 36 heavy (non-hydrogen) atoms. The Morgan fingerprint density at radius 1 is 1.19 bits per heavy atom. The van der Waals surface area contributed by atoms with E-state index in [1.54, 1.807) is 0 Å². The fourth-order valence-corrected chi connectivity index (χ4v) is 3.27. The summed E-state index contributed by atoms with van der Waals surface area (Å²) in [6.45, 7) is 0.186. The van der Waals surface area contributed by atoms with Gasteiger partial charge < -0.3 is 14.6 Å². The molecule has 0 saturated carbocycles. The molecule has 0 saturated heterocycles. The van der Waals surface area contributed by atoms with E-state index >= 15 is 0 Å². The number of nitrogens with zero attached hydrogens (tertiary/aromatic N) is 4. The van der Waals surface area contributed by atoms with Crippen molar-refractivity contribution in [3.63, 3.8) is 0 Å². The van der Waals surface area contributed by atoms with Crippen LogP contribution in [0.25, 0.3) is 22.2 Å². The summed E-state index contributed by atoms with van der Waals surface area (Å²) >= 11 is 0. The molecule has 0 aliphatic heterocycles. The fraction of sp³-hybridized carbons (Fsp3) is 0.429.